The van der Waals surface area contributed by atoms with E-state index in [1.54, 1.807) is 13.3 Å². The molecule has 184 valence electrons. The number of hydrogen-bond donors (Lipinski definition) is 2. The van der Waals surface area contributed by atoms with Crippen molar-refractivity contribution in [3.63, 3.8) is 0 Å². The molecule has 6 nitrogen and oxygen atoms in total. The first-order chi connectivity index (χ1) is 16.5. The SMILES string of the molecule is C=C[C@H]1C[N@+]2(CC(=O)Nc3ccc(OC)cc3)CC[C@H]1C[C@@H]2[C@@H](O)c1ccnc2ccccc12.[Br-]. The van der Waals surface area contributed by atoms with Crippen LogP contribution in [-0.2, 0) is 4.79 Å². The minimum atomic E-state index is -0.671. The van der Waals surface area contributed by atoms with Gasteiger partial charge in [0.1, 0.15) is 17.9 Å². The van der Waals surface area contributed by atoms with E-state index in [-0.39, 0.29) is 28.9 Å². The highest BCUT2D eigenvalue weighted by Crippen LogP contribution is 2.47. The number of halogens is 1. The van der Waals surface area contributed by atoms with Crippen LogP contribution in [0, 0.1) is 11.8 Å². The van der Waals surface area contributed by atoms with E-state index >= 15 is 0 Å². The molecule has 2 bridgehead atoms. The number of hydrogen-bond acceptors (Lipinski definition) is 4. The highest BCUT2D eigenvalue weighted by atomic mass is 79.9. The number of aromatic nitrogens is 1. The Labute approximate surface area is 217 Å². The molecule has 3 fully saturated rings. The summed E-state index contributed by atoms with van der Waals surface area (Å²) >= 11 is 0. The predicted molar refractivity (Wildman–Crippen MR) is 133 cm³/mol. The summed E-state index contributed by atoms with van der Waals surface area (Å²) in [6, 6.07) is 17.2. The standard InChI is InChI=1S/C28H31N3O3.BrH/c1-3-19-17-31(18-27(32)30-21-8-10-22(34-2)11-9-21)15-13-20(19)16-26(31)28(33)24-12-14-29-25-7-5-4-6-23(24)25;/h3-12,14,19-20,26,28,33H,1,13,15-18H2,2H3;1H/t19-,20-,26+,28-,31-;/m0./s1. The van der Waals surface area contributed by atoms with Crippen molar-refractivity contribution in [3.05, 3.63) is 79.0 Å². The van der Waals surface area contributed by atoms with Gasteiger partial charge in [0.05, 0.1) is 25.7 Å². The summed E-state index contributed by atoms with van der Waals surface area (Å²) < 4.78 is 5.79. The Morgan fingerprint density at radius 1 is 1.26 bits per heavy atom. The molecule has 1 aromatic heterocycles. The summed E-state index contributed by atoms with van der Waals surface area (Å²) in [7, 11) is 1.62. The van der Waals surface area contributed by atoms with Gasteiger partial charge in [0.2, 0.25) is 0 Å². The fourth-order valence-corrected chi connectivity index (χ4v) is 6.13. The number of amides is 1. The number of benzene rings is 2. The summed E-state index contributed by atoms with van der Waals surface area (Å²) in [5.41, 5.74) is 2.52. The number of carbonyl (C=O) groups excluding carboxylic acids is 1. The van der Waals surface area contributed by atoms with Gasteiger partial charge in [-0.2, -0.15) is 0 Å². The molecule has 5 atom stereocenters. The number of nitrogens with zero attached hydrogens (tertiary/aromatic N) is 2. The van der Waals surface area contributed by atoms with Crippen molar-refractivity contribution in [3.8, 4) is 5.75 Å². The van der Waals surface area contributed by atoms with E-state index in [1.165, 1.54) is 0 Å². The Morgan fingerprint density at radius 2 is 2.03 bits per heavy atom. The van der Waals surface area contributed by atoms with Gasteiger partial charge in [-0.05, 0) is 47.9 Å². The first kappa shape index (κ1) is 25.4. The maximum absolute atomic E-state index is 13.3. The lowest BCUT2D eigenvalue weighted by molar-refractivity contribution is -0.966. The second-order valence-electron chi connectivity index (χ2n) is 9.67. The van der Waals surface area contributed by atoms with E-state index in [0.717, 1.165) is 53.8 Å². The lowest BCUT2D eigenvalue weighted by atomic mass is 9.71. The Kier molecular flexibility index (Phi) is 7.59. The van der Waals surface area contributed by atoms with Gasteiger partial charge in [0, 0.05) is 36.0 Å². The maximum Gasteiger partial charge on any atom is 0.279 e. The molecule has 0 unspecified atom stereocenters. The number of carbonyl (C=O) groups is 1. The van der Waals surface area contributed by atoms with Crippen molar-refractivity contribution in [1.29, 1.82) is 0 Å². The van der Waals surface area contributed by atoms with Crippen LogP contribution in [0.5, 0.6) is 5.75 Å². The van der Waals surface area contributed by atoms with Crippen molar-refractivity contribution in [2.24, 2.45) is 11.8 Å². The van der Waals surface area contributed by atoms with Crippen molar-refractivity contribution < 1.29 is 36.1 Å². The number of methoxy groups -OCH3 is 1. The number of nitrogens with one attached hydrogen (secondary N) is 1. The summed E-state index contributed by atoms with van der Waals surface area (Å²) in [4.78, 5) is 17.7. The van der Waals surface area contributed by atoms with Crippen molar-refractivity contribution in [2.45, 2.75) is 25.0 Å². The molecular weight excluding hydrogens is 506 g/mol. The number of rotatable bonds is 7. The van der Waals surface area contributed by atoms with Crippen LogP contribution in [0.1, 0.15) is 24.5 Å². The maximum atomic E-state index is 13.3. The minimum absolute atomic E-state index is 0. The van der Waals surface area contributed by atoms with Crippen LogP contribution in [0.25, 0.3) is 10.9 Å². The van der Waals surface area contributed by atoms with Crippen molar-refractivity contribution >= 4 is 22.5 Å². The van der Waals surface area contributed by atoms with Gasteiger partial charge < -0.3 is 36.6 Å². The van der Waals surface area contributed by atoms with Gasteiger partial charge in [-0.3, -0.25) is 9.78 Å². The summed E-state index contributed by atoms with van der Waals surface area (Å²) in [6.45, 7) is 6.11. The van der Waals surface area contributed by atoms with Gasteiger partial charge in [-0.15, -0.1) is 6.58 Å². The molecule has 0 saturated carbocycles. The molecule has 7 heteroatoms. The number of para-hydroxylation sites is 1. The van der Waals surface area contributed by atoms with Crippen LogP contribution in [-0.4, -0.2) is 53.3 Å². The van der Waals surface area contributed by atoms with Gasteiger partial charge in [-0.25, -0.2) is 0 Å². The number of ether oxygens (including phenoxy) is 1. The molecule has 3 saturated heterocycles. The molecule has 3 aliphatic heterocycles. The smallest absolute Gasteiger partial charge is 0.279 e. The molecule has 0 spiro atoms. The van der Waals surface area contributed by atoms with Crippen LogP contribution in [0.15, 0.2) is 73.4 Å². The fraction of sp³-hybridized carbons (Fsp3) is 0.357. The average molecular weight is 538 g/mol. The van der Waals surface area contributed by atoms with Crippen molar-refractivity contribution in [2.75, 3.05) is 32.1 Å². The number of aliphatic hydroxyl groups is 1. The zero-order chi connectivity index (χ0) is 23.7. The number of piperidine rings is 3. The lowest BCUT2D eigenvalue weighted by Gasteiger charge is -2.57. The Hall–Kier alpha value is -2.74. The zero-order valence-electron chi connectivity index (χ0n) is 19.9. The largest absolute Gasteiger partial charge is 1.00 e. The van der Waals surface area contributed by atoms with Gasteiger partial charge in [0.15, 0.2) is 6.54 Å². The third-order valence-electron chi connectivity index (χ3n) is 7.87. The van der Waals surface area contributed by atoms with Gasteiger partial charge in [-0.1, -0.05) is 24.3 Å². The topological polar surface area (TPSA) is 71.5 Å². The second kappa shape index (κ2) is 10.5. The molecule has 0 aliphatic carbocycles. The number of fused-ring (bicyclic) bond motifs is 4. The second-order valence-corrected chi connectivity index (χ2v) is 9.67. The number of anilines is 1. The van der Waals surface area contributed by atoms with Gasteiger partial charge in [0.25, 0.3) is 5.91 Å². The molecule has 2 N–H and O–H groups in total. The van der Waals surface area contributed by atoms with Crippen LogP contribution in [0.4, 0.5) is 5.69 Å². The molecule has 0 radical (unpaired) electrons. The van der Waals surface area contributed by atoms with Crippen LogP contribution >= 0.6 is 0 Å². The number of pyridine rings is 1. The summed E-state index contributed by atoms with van der Waals surface area (Å²) in [5.74, 6) is 1.57. The van der Waals surface area contributed by atoms with Crippen molar-refractivity contribution in [1.82, 2.24) is 4.98 Å². The third-order valence-corrected chi connectivity index (χ3v) is 7.87. The highest BCUT2D eigenvalue weighted by Gasteiger charge is 2.54. The van der Waals surface area contributed by atoms with E-state index in [9.17, 15) is 9.90 Å². The van der Waals surface area contributed by atoms with E-state index in [4.69, 9.17) is 4.74 Å². The zero-order valence-corrected chi connectivity index (χ0v) is 21.5. The molecular formula is C28H32BrN3O3. The van der Waals surface area contributed by atoms with E-state index < -0.39 is 6.10 Å². The Morgan fingerprint density at radius 3 is 2.77 bits per heavy atom. The predicted octanol–water partition coefficient (Wildman–Crippen LogP) is 1.33. The molecule has 4 heterocycles. The third kappa shape index (κ3) is 4.85. The van der Waals surface area contributed by atoms with Crippen LogP contribution < -0.4 is 27.0 Å². The number of quaternary nitrogens is 1. The lowest BCUT2D eigenvalue weighted by Crippen LogP contribution is -3.00. The molecule has 6 rings (SSSR count). The van der Waals surface area contributed by atoms with E-state index in [1.807, 2.05) is 60.7 Å². The summed E-state index contributed by atoms with van der Waals surface area (Å²) in [6.07, 6.45) is 5.07. The minimum Gasteiger partial charge on any atom is -1.00 e. The Balaban J connectivity index is 0.00000289. The van der Waals surface area contributed by atoms with E-state index in [2.05, 4.69) is 16.9 Å². The van der Waals surface area contributed by atoms with Crippen LogP contribution in [0.2, 0.25) is 0 Å². The Bertz CT molecular complexity index is 1200. The first-order valence-corrected chi connectivity index (χ1v) is 12.0. The molecule has 3 aromatic rings. The fourth-order valence-electron chi connectivity index (χ4n) is 6.13. The van der Waals surface area contributed by atoms with E-state index in [0.29, 0.717) is 22.9 Å². The molecule has 1 amide bonds. The van der Waals surface area contributed by atoms with Crippen LogP contribution in [0.3, 0.4) is 0 Å². The quantitative estimate of drug-likeness (QED) is 0.352. The monoisotopic (exact) mass is 537 g/mol. The normalized spacial score (nSPS) is 25.9. The molecule has 3 aliphatic rings. The van der Waals surface area contributed by atoms with Gasteiger partial charge >= 0.3 is 0 Å². The first-order valence-electron chi connectivity index (χ1n) is 12.0. The molecule has 2 aromatic carbocycles. The highest BCUT2D eigenvalue weighted by molar-refractivity contribution is 5.91. The number of aliphatic hydroxyl groups excluding tert-OH is 1. The molecule has 35 heavy (non-hydrogen) atoms. The average Bonchev–Trinajstić information content (AvgIpc) is 2.88. The summed E-state index contributed by atoms with van der Waals surface area (Å²) in [5, 5.41) is 15.8.